The Morgan fingerprint density at radius 2 is 2.05 bits per heavy atom. The molecule has 0 aromatic carbocycles. The lowest BCUT2D eigenvalue weighted by molar-refractivity contribution is -0.137. The second kappa shape index (κ2) is 7.27. The maximum absolute atomic E-state index is 12.5. The summed E-state index contributed by atoms with van der Waals surface area (Å²) < 4.78 is 0. The van der Waals surface area contributed by atoms with Crippen LogP contribution in [-0.2, 0) is 9.59 Å². The van der Waals surface area contributed by atoms with E-state index in [0.29, 0.717) is 0 Å². The standard InChI is InChI=1S/C14H22N4O2/c1-2-5-16-13(19)11-18-8-3-4-12(18)14(20)17-9-6-15-7-10-17/h1,12,15H,3-11H2,(H,16,19). The van der Waals surface area contributed by atoms with Gasteiger partial charge in [-0.3, -0.25) is 14.5 Å². The second-order valence-corrected chi connectivity index (χ2v) is 5.18. The molecule has 1 atom stereocenters. The summed E-state index contributed by atoms with van der Waals surface area (Å²) in [4.78, 5) is 28.1. The van der Waals surface area contributed by atoms with Gasteiger partial charge in [0.2, 0.25) is 11.8 Å². The van der Waals surface area contributed by atoms with Crippen molar-refractivity contribution >= 4 is 11.8 Å². The molecule has 0 aromatic rings. The first-order valence-electron chi connectivity index (χ1n) is 7.16. The zero-order valence-electron chi connectivity index (χ0n) is 11.7. The molecule has 2 rings (SSSR count). The number of carbonyl (C=O) groups excluding carboxylic acids is 2. The van der Waals surface area contributed by atoms with Crippen LogP contribution in [0.4, 0.5) is 0 Å². The maximum Gasteiger partial charge on any atom is 0.240 e. The Hall–Kier alpha value is -1.58. The van der Waals surface area contributed by atoms with Crippen LogP contribution in [0.1, 0.15) is 12.8 Å². The summed E-state index contributed by atoms with van der Waals surface area (Å²) in [5.74, 6) is 2.43. The van der Waals surface area contributed by atoms with Crippen LogP contribution < -0.4 is 10.6 Å². The average Bonchev–Trinajstić information content (AvgIpc) is 2.93. The number of hydrogen-bond donors (Lipinski definition) is 2. The van der Waals surface area contributed by atoms with Gasteiger partial charge in [-0.2, -0.15) is 0 Å². The van der Waals surface area contributed by atoms with Gasteiger partial charge in [0.05, 0.1) is 19.1 Å². The number of rotatable bonds is 4. The Bertz CT molecular complexity index is 398. The van der Waals surface area contributed by atoms with Gasteiger partial charge in [-0.25, -0.2) is 0 Å². The molecule has 0 saturated carbocycles. The second-order valence-electron chi connectivity index (χ2n) is 5.18. The molecule has 2 aliphatic heterocycles. The summed E-state index contributed by atoms with van der Waals surface area (Å²) in [5, 5.41) is 5.88. The van der Waals surface area contributed by atoms with Crippen LogP contribution >= 0.6 is 0 Å². The number of piperazine rings is 1. The fourth-order valence-electron chi connectivity index (χ4n) is 2.78. The first kappa shape index (κ1) is 14.8. The molecule has 6 nitrogen and oxygen atoms in total. The van der Waals surface area contributed by atoms with Crippen LogP contribution in [0.2, 0.25) is 0 Å². The van der Waals surface area contributed by atoms with Crippen molar-refractivity contribution in [1.29, 1.82) is 0 Å². The molecule has 2 N–H and O–H groups in total. The highest BCUT2D eigenvalue weighted by Crippen LogP contribution is 2.19. The van der Waals surface area contributed by atoms with E-state index in [4.69, 9.17) is 6.42 Å². The minimum Gasteiger partial charge on any atom is -0.344 e. The Kier molecular flexibility index (Phi) is 5.39. The highest BCUT2D eigenvalue weighted by atomic mass is 16.2. The van der Waals surface area contributed by atoms with Gasteiger partial charge in [0.25, 0.3) is 0 Å². The maximum atomic E-state index is 12.5. The number of nitrogens with one attached hydrogen (secondary N) is 2. The molecule has 1 unspecified atom stereocenters. The molecular weight excluding hydrogens is 256 g/mol. The molecule has 2 heterocycles. The van der Waals surface area contributed by atoms with E-state index in [-0.39, 0.29) is 30.9 Å². The van der Waals surface area contributed by atoms with Gasteiger partial charge in [-0.15, -0.1) is 6.42 Å². The van der Waals surface area contributed by atoms with Crippen molar-refractivity contribution in [2.45, 2.75) is 18.9 Å². The molecular formula is C14H22N4O2. The SMILES string of the molecule is C#CCNC(=O)CN1CCCC1C(=O)N1CCNCC1. The van der Waals surface area contributed by atoms with E-state index in [2.05, 4.69) is 16.6 Å². The molecule has 0 aromatic heterocycles. The number of amides is 2. The molecule has 110 valence electrons. The Labute approximate surface area is 119 Å². The van der Waals surface area contributed by atoms with Crippen LogP contribution in [0.15, 0.2) is 0 Å². The average molecular weight is 278 g/mol. The number of terminal acetylenes is 1. The zero-order valence-corrected chi connectivity index (χ0v) is 11.7. The minimum absolute atomic E-state index is 0.108. The van der Waals surface area contributed by atoms with Crippen molar-refractivity contribution in [3.8, 4) is 12.3 Å². The summed E-state index contributed by atoms with van der Waals surface area (Å²) >= 11 is 0. The van der Waals surface area contributed by atoms with Crippen LogP contribution in [0.5, 0.6) is 0 Å². The summed E-state index contributed by atoms with van der Waals surface area (Å²) in [6.07, 6.45) is 6.91. The molecule has 20 heavy (non-hydrogen) atoms. The quantitative estimate of drug-likeness (QED) is 0.623. The van der Waals surface area contributed by atoms with Crippen LogP contribution in [-0.4, -0.2) is 73.5 Å². The smallest absolute Gasteiger partial charge is 0.240 e. The predicted molar refractivity (Wildman–Crippen MR) is 75.9 cm³/mol. The van der Waals surface area contributed by atoms with Gasteiger partial charge >= 0.3 is 0 Å². The number of nitrogens with zero attached hydrogens (tertiary/aromatic N) is 2. The minimum atomic E-state index is -0.148. The van der Waals surface area contributed by atoms with Crippen molar-refractivity contribution in [1.82, 2.24) is 20.4 Å². The largest absolute Gasteiger partial charge is 0.344 e. The third kappa shape index (κ3) is 3.71. The van der Waals surface area contributed by atoms with E-state index >= 15 is 0 Å². The van der Waals surface area contributed by atoms with Gasteiger partial charge in [-0.1, -0.05) is 5.92 Å². The number of likely N-dealkylation sites (tertiary alicyclic amines) is 1. The monoisotopic (exact) mass is 278 g/mol. The summed E-state index contributed by atoms with van der Waals surface area (Å²) in [5.41, 5.74) is 0. The van der Waals surface area contributed by atoms with Crippen molar-refractivity contribution in [2.24, 2.45) is 0 Å². The molecule has 0 spiro atoms. The van der Waals surface area contributed by atoms with E-state index in [1.165, 1.54) is 0 Å². The van der Waals surface area contributed by atoms with E-state index in [1.54, 1.807) is 0 Å². The van der Waals surface area contributed by atoms with E-state index in [1.807, 2.05) is 9.80 Å². The Balaban J connectivity index is 1.88. The molecule has 2 fully saturated rings. The molecule has 0 radical (unpaired) electrons. The number of carbonyl (C=O) groups is 2. The van der Waals surface area contributed by atoms with Crippen molar-refractivity contribution in [2.75, 3.05) is 45.8 Å². The van der Waals surface area contributed by atoms with E-state index in [9.17, 15) is 9.59 Å². The molecule has 2 aliphatic rings. The van der Waals surface area contributed by atoms with Crippen LogP contribution in [0.25, 0.3) is 0 Å². The molecule has 0 bridgehead atoms. The summed E-state index contributed by atoms with van der Waals surface area (Å²) in [6.45, 7) is 4.50. The molecule has 6 heteroatoms. The molecule has 0 aliphatic carbocycles. The van der Waals surface area contributed by atoms with Gasteiger partial charge in [0.15, 0.2) is 0 Å². The first-order valence-corrected chi connectivity index (χ1v) is 7.16. The molecule has 2 amide bonds. The lowest BCUT2D eigenvalue weighted by Crippen LogP contribution is -2.53. The summed E-state index contributed by atoms with van der Waals surface area (Å²) in [7, 11) is 0. The molecule has 2 saturated heterocycles. The van der Waals surface area contributed by atoms with Crippen LogP contribution in [0.3, 0.4) is 0 Å². The highest BCUT2D eigenvalue weighted by Gasteiger charge is 2.34. The van der Waals surface area contributed by atoms with Gasteiger partial charge < -0.3 is 15.5 Å². The highest BCUT2D eigenvalue weighted by molar-refractivity contribution is 5.84. The fourth-order valence-corrected chi connectivity index (χ4v) is 2.78. The van der Waals surface area contributed by atoms with Crippen molar-refractivity contribution in [3.63, 3.8) is 0 Å². The number of hydrogen-bond acceptors (Lipinski definition) is 4. The predicted octanol–water partition coefficient (Wildman–Crippen LogP) is -1.37. The van der Waals surface area contributed by atoms with E-state index < -0.39 is 0 Å². The lowest BCUT2D eigenvalue weighted by Gasteiger charge is -2.32. The third-order valence-electron chi connectivity index (χ3n) is 3.81. The Morgan fingerprint density at radius 3 is 2.75 bits per heavy atom. The third-order valence-corrected chi connectivity index (χ3v) is 3.81. The fraction of sp³-hybridized carbons (Fsp3) is 0.714. The lowest BCUT2D eigenvalue weighted by atomic mass is 10.1. The van der Waals surface area contributed by atoms with Gasteiger partial charge in [-0.05, 0) is 19.4 Å². The topological polar surface area (TPSA) is 64.7 Å². The normalized spacial score (nSPS) is 23.4. The zero-order chi connectivity index (χ0) is 14.4. The van der Waals surface area contributed by atoms with Gasteiger partial charge in [0, 0.05) is 26.2 Å². The summed E-state index contributed by atoms with van der Waals surface area (Å²) in [6, 6.07) is -0.148. The Morgan fingerprint density at radius 1 is 1.30 bits per heavy atom. The van der Waals surface area contributed by atoms with Crippen LogP contribution in [0, 0.1) is 12.3 Å². The van der Waals surface area contributed by atoms with Crippen molar-refractivity contribution in [3.05, 3.63) is 0 Å². The first-order chi connectivity index (χ1) is 9.72. The van der Waals surface area contributed by atoms with E-state index in [0.717, 1.165) is 45.6 Å². The van der Waals surface area contributed by atoms with Crippen molar-refractivity contribution < 1.29 is 9.59 Å². The van der Waals surface area contributed by atoms with Gasteiger partial charge in [0.1, 0.15) is 0 Å².